The maximum absolute atomic E-state index is 11.4. The van der Waals surface area contributed by atoms with E-state index in [0.29, 0.717) is 32.7 Å². The molecule has 7 heteroatoms. The quantitative estimate of drug-likeness (QED) is 0.689. The van der Waals surface area contributed by atoms with Crippen molar-refractivity contribution in [1.29, 1.82) is 0 Å². The van der Waals surface area contributed by atoms with E-state index in [9.17, 15) is 4.79 Å². The van der Waals surface area contributed by atoms with Gasteiger partial charge in [-0.25, -0.2) is 0 Å². The number of aryl methyl sites for hydroxylation is 2. The van der Waals surface area contributed by atoms with E-state index in [1.807, 2.05) is 18.7 Å². The van der Waals surface area contributed by atoms with Gasteiger partial charge in [0.05, 0.1) is 22.5 Å². The molecule has 0 aromatic carbocycles. The summed E-state index contributed by atoms with van der Waals surface area (Å²) in [6.07, 6.45) is 0.457. The number of aromatic nitrogens is 2. The van der Waals surface area contributed by atoms with Crippen LogP contribution in [0, 0.1) is 6.92 Å². The lowest BCUT2D eigenvalue weighted by molar-refractivity contribution is -0.121. The topological polar surface area (TPSA) is 68.2 Å². The Balaban J connectivity index is 2.22. The van der Waals surface area contributed by atoms with Crippen LogP contribution in [0.25, 0.3) is 0 Å². The van der Waals surface area contributed by atoms with Crippen molar-refractivity contribution < 1.29 is 9.53 Å². The fraction of sp³-hybridized carbons (Fsp3) is 0.667. The molecule has 0 bridgehead atoms. The number of carbonyl (C=O) groups is 1. The zero-order valence-corrected chi connectivity index (χ0v) is 13.2. The van der Waals surface area contributed by atoms with Crippen molar-refractivity contribution in [2.75, 3.05) is 26.8 Å². The van der Waals surface area contributed by atoms with E-state index in [2.05, 4.69) is 31.7 Å². The van der Waals surface area contributed by atoms with Crippen molar-refractivity contribution >= 4 is 21.8 Å². The van der Waals surface area contributed by atoms with Gasteiger partial charge in [-0.15, -0.1) is 0 Å². The van der Waals surface area contributed by atoms with Crippen LogP contribution >= 0.6 is 15.9 Å². The van der Waals surface area contributed by atoms with Crippen LogP contribution in [0.3, 0.4) is 0 Å². The second-order valence-electron chi connectivity index (χ2n) is 4.24. The summed E-state index contributed by atoms with van der Waals surface area (Å²) in [6.45, 7) is 4.37. The molecule has 0 aliphatic heterocycles. The molecule has 0 atom stereocenters. The standard InChI is InChI=1S/C12H21BrN4O2/c1-9-12(13)10(17(2)16-9)8-14-5-4-11(18)15-6-7-19-3/h14H,4-8H2,1-3H3,(H,15,18). The van der Waals surface area contributed by atoms with Crippen LogP contribution in [0.4, 0.5) is 0 Å². The average Bonchev–Trinajstić information content (AvgIpc) is 2.60. The van der Waals surface area contributed by atoms with Gasteiger partial charge in [0.25, 0.3) is 0 Å². The lowest BCUT2D eigenvalue weighted by Crippen LogP contribution is -2.30. The highest BCUT2D eigenvalue weighted by atomic mass is 79.9. The van der Waals surface area contributed by atoms with Crippen molar-refractivity contribution in [3.8, 4) is 0 Å². The maximum atomic E-state index is 11.4. The minimum absolute atomic E-state index is 0.0322. The van der Waals surface area contributed by atoms with Crippen LogP contribution in [0.1, 0.15) is 17.8 Å². The van der Waals surface area contributed by atoms with E-state index in [-0.39, 0.29) is 5.91 Å². The molecule has 1 aromatic heterocycles. The number of rotatable bonds is 8. The molecule has 0 fully saturated rings. The van der Waals surface area contributed by atoms with E-state index < -0.39 is 0 Å². The predicted molar refractivity (Wildman–Crippen MR) is 76.9 cm³/mol. The first-order valence-corrected chi connectivity index (χ1v) is 7.00. The summed E-state index contributed by atoms with van der Waals surface area (Å²) in [5.41, 5.74) is 2.05. The van der Waals surface area contributed by atoms with Gasteiger partial charge in [0.1, 0.15) is 0 Å². The zero-order valence-electron chi connectivity index (χ0n) is 11.6. The molecule has 0 saturated heterocycles. The van der Waals surface area contributed by atoms with Gasteiger partial charge in [0.15, 0.2) is 0 Å². The Hall–Kier alpha value is -0.920. The zero-order chi connectivity index (χ0) is 14.3. The van der Waals surface area contributed by atoms with Gasteiger partial charge in [0, 0.05) is 40.2 Å². The lowest BCUT2D eigenvalue weighted by atomic mass is 10.3. The van der Waals surface area contributed by atoms with Crippen LogP contribution in [-0.4, -0.2) is 42.5 Å². The summed E-state index contributed by atoms with van der Waals surface area (Å²) < 4.78 is 7.72. The Morgan fingerprint density at radius 3 is 2.79 bits per heavy atom. The fourth-order valence-corrected chi connectivity index (χ4v) is 2.14. The highest BCUT2D eigenvalue weighted by Crippen LogP contribution is 2.19. The van der Waals surface area contributed by atoms with E-state index >= 15 is 0 Å². The molecule has 1 amide bonds. The van der Waals surface area contributed by atoms with Gasteiger partial charge >= 0.3 is 0 Å². The molecule has 19 heavy (non-hydrogen) atoms. The third-order valence-corrected chi connectivity index (χ3v) is 3.74. The number of hydrogen-bond acceptors (Lipinski definition) is 4. The number of carbonyl (C=O) groups excluding carboxylic acids is 1. The molecule has 2 N–H and O–H groups in total. The number of nitrogens with zero attached hydrogens (tertiary/aromatic N) is 2. The van der Waals surface area contributed by atoms with Gasteiger partial charge < -0.3 is 15.4 Å². The first kappa shape index (κ1) is 16.1. The Bertz CT molecular complexity index is 420. The molecule has 0 unspecified atom stereocenters. The molecule has 0 radical (unpaired) electrons. The molecule has 6 nitrogen and oxygen atoms in total. The van der Waals surface area contributed by atoms with E-state index in [0.717, 1.165) is 15.9 Å². The fourth-order valence-electron chi connectivity index (χ4n) is 1.66. The third-order valence-electron chi connectivity index (χ3n) is 2.71. The van der Waals surface area contributed by atoms with Crippen LogP contribution < -0.4 is 10.6 Å². The first-order valence-electron chi connectivity index (χ1n) is 6.20. The number of amides is 1. The summed E-state index contributed by atoms with van der Waals surface area (Å²) >= 11 is 3.51. The Morgan fingerprint density at radius 2 is 2.21 bits per heavy atom. The second-order valence-corrected chi connectivity index (χ2v) is 5.03. The Morgan fingerprint density at radius 1 is 1.47 bits per heavy atom. The van der Waals surface area contributed by atoms with E-state index in [4.69, 9.17) is 4.74 Å². The molecule has 0 saturated carbocycles. The number of halogens is 1. The maximum Gasteiger partial charge on any atom is 0.221 e. The van der Waals surface area contributed by atoms with Crippen LogP contribution in [0.2, 0.25) is 0 Å². The molecule has 0 aliphatic rings. The van der Waals surface area contributed by atoms with Crippen molar-refractivity contribution in [1.82, 2.24) is 20.4 Å². The first-order chi connectivity index (χ1) is 9.06. The molecular weight excluding hydrogens is 312 g/mol. The van der Waals surface area contributed by atoms with E-state index in [1.54, 1.807) is 7.11 Å². The van der Waals surface area contributed by atoms with Gasteiger partial charge in [0.2, 0.25) is 5.91 Å². The van der Waals surface area contributed by atoms with Crippen LogP contribution in [-0.2, 0) is 23.1 Å². The number of hydrogen-bond donors (Lipinski definition) is 2. The summed E-state index contributed by atoms with van der Waals surface area (Å²) in [4.78, 5) is 11.4. The smallest absolute Gasteiger partial charge is 0.221 e. The molecule has 108 valence electrons. The van der Waals surface area contributed by atoms with Crippen molar-refractivity contribution in [2.45, 2.75) is 19.9 Å². The molecule has 1 heterocycles. The lowest BCUT2D eigenvalue weighted by Gasteiger charge is -2.07. The van der Waals surface area contributed by atoms with Crippen molar-refractivity contribution in [2.24, 2.45) is 7.05 Å². The minimum Gasteiger partial charge on any atom is -0.383 e. The number of methoxy groups -OCH3 is 1. The molecule has 0 spiro atoms. The molecule has 1 rings (SSSR count). The van der Waals surface area contributed by atoms with Gasteiger partial charge in [-0.05, 0) is 22.9 Å². The van der Waals surface area contributed by atoms with Gasteiger partial charge in [-0.3, -0.25) is 9.48 Å². The average molecular weight is 333 g/mol. The second kappa shape index (κ2) is 8.29. The van der Waals surface area contributed by atoms with E-state index in [1.165, 1.54) is 0 Å². The monoisotopic (exact) mass is 332 g/mol. The Labute approximate surface area is 122 Å². The summed E-state index contributed by atoms with van der Waals surface area (Å²) in [7, 11) is 3.52. The van der Waals surface area contributed by atoms with Gasteiger partial charge in [-0.1, -0.05) is 0 Å². The highest BCUT2D eigenvalue weighted by Gasteiger charge is 2.09. The summed E-state index contributed by atoms with van der Waals surface area (Å²) in [6, 6.07) is 0. The van der Waals surface area contributed by atoms with Crippen LogP contribution in [0.15, 0.2) is 4.47 Å². The van der Waals surface area contributed by atoms with Crippen molar-refractivity contribution in [3.05, 3.63) is 15.9 Å². The number of ether oxygens (including phenoxy) is 1. The highest BCUT2D eigenvalue weighted by molar-refractivity contribution is 9.10. The molecule has 1 aromatic rings. The minimum atomic E-state index is 0.0322. The largest absolute Gasteiger partial charge is 0.383 e. The van der Waals surface area contributed by atoms with Gasteiger partial charge in [-0.2, -0.15) is 5.10 Å². The SMILES string of the molecule is COCCNC(=O)CCNCc1c(Br)c(C)nn1C. The predicted octanol–water partition coefficient (Wildman–Crippen LogP) is 0.733. The summed E-state index contributed by atoms with van der Waals surface area (Å²) in [5.74, 6) is 0.0322. The van der Waals surface area contributed by atoms with Crippen LogP contribution in [0.5, 0.6) is 0 Å². The Kier molecular flexibility index (Phi) is 7.04. The van der Waals surface area contributed by atoms with Crippen molar-refractivity contribution in [3.63, 3.8) is 0 Å². The third kappa shape index (κ3) is 5.30. The number of nitrogens with one attached hydrogen (secondary N) is 2. The molecular formula is C12H21BrN4O2. The summed E-state index contributed by atoms with van der Waals surface area (Å²) in [5, 5.41) is 10.3. The normalized spacial score (nSPS) is 10.7. The molecule has 0 aliphatic carbocycles.